The monoisotopic (exact) mass is 378 g/mol. The Morgan fingerprint density at radius 3 is 2.46 bits per heavy atom. The summed E-state index contributed by atoms with van der Waals surface area (Å²) >= 11 is 0. The lowest BCUT2D eigenvalue weighted by Crippen LogP contribution is -2.33. The first-order valence-electron chi connectivity index (χ1n) is 9.24. The van der Waals surface area contributed by atoms with Crippen molar-refractivity contribution in [3.63, 3.8) is 0 Å². The molecule has 1 saturated carbocycles. The minimum absolute atomic E-state index is 0.0539. The summed E-state index contributed by atoms with van der Waals surface area (Å²) in [6, 6.07) is 17.0. The third kappa shape index (κ3) is 3.58. The van der Waals surface area contributed by atoms with Crippen LogP contribution in [-0.4, -0.2) is 36.2 Å². The van der Waals surface area contributed by atoms with E-state index >= 15 is 0 Å². The van der Waals surface area contributed by atoms with Crippen molar-refractivity contribution in [1.82, 2.24) is 10.1 Å². The van der Waals surface area contributed by atoms with Crippen LogP contribution in [0, 0.1) is 0 Å². The lowest BCUT2D eigenvalue weighted by molar-refractivity contribution is 0.0722. The zero-order valence-electron chi connectivity index (χ0n) is 15.9. The molecule has 1 aliphatic carbocycles. The van der Waals surface area contributed by atoms with Gasteiger partial charge >= 0.3 is 0 Å². The predicted octanol–water partition coefficient (Wildman–Crippen LogP) is 4.16. The lowest BCUT2D eigenvalue weighted by atomic mass is 10.1. The van der Waals surface area contributed by atoms with E-state index in [0.717, 1.165) is 18.4 Å². The average Bonchev–Trinajstić information content (AvgIpc) is 3.49. The molecule has 28 heavy (non-hydrogen) atoms. The molecule has 0 atom stereocenters. The first-order valence-corrected chi connectivity index (χ1v) is 9.24. The maximum Gasteiger partial charge on any atom is 0.258 e. The third-order valence-electron chi connectivity index (χ3n) is 4.85. The zero-order chi connectivity index (χ0) is 19.5. The van der Waals surface area contributed by atoms with Gasteiger partial charge in [-0.15, -0.1) is 0 Å². The number of methoxy groups -OCH3 is 2. The van der Waals surface area contributed by atoms with E-state index in [1.807, 2.05) is 47.4 Å². The molecule has 1 aliphatic rings. The van der Waals surface area contributed by atoms with Crippen molar-refractivity contribution in [3.8, 4) is 22.8 Å². The van der Waals surface area contributed by atoms with E-state index in [4.69, 9.17) is 14.0 Å². The Balaban J connectivity index is 1.58. The highest BCUT2D eigenvalue weighted by atomic mass is 16.5. The highest BCUT2D eigenvalue weighted by Gasteiger charge is 2.34. The Kier molecular flexibility index (Phi) is 5.02. The summed E-state index contributed by atoms with van der Waals surface area (Å²) in [5, 5.41) is 4.18. The van der Waals surface area contributed by atoms with Crippen molar-refractivity contribution in [1.29, 1.82) is 0 Å². The largest absolute Gasteiger partial charge is 0.496 e. The first kappa shape index (κ1) is 18.1. The second kappa shape index (κ2) is 7.76. The van der Waals surface area contributed by atoms with Crippen molar-refractivity contribution in [3.05, 3.63) is 65.9 Å². The minimum Gasteiger partial charge on any atom is -0.496 e. The van der Waals surface area contributed by atoms with Crippen LogP contribution in [0.3, 0.4) is 0 Å². The summed E-state index contributed by atoms with van der Waals surface area (Å²) in [5.41, 5.74) is 2.10. The molecule has 0 N–H and O–H groups in total. The number of carbonyl (C=O) groups excluding carboxylic acids is 1. The summed E-state index contributed by atoms with van der Waals surface area (Å²) in [7, 11) is 3.20. The summed E-state index contributed by atoms with van der Waals surface area (Å²) in [4.78, 5) is 15.0. The molecule has 0 spiro atoms. The number of carbonyl (C=O) groups is 1. The van der Waals surface area contributed by atoms with Crippen molar-refractivity contribution < 1.29 is 18.8 Å². The number of hydrogen-bond acceptors (Lipinski definition) is 5. The zero-order valence-corrected chi connectivity index (χ0v) is 15.9. The maximum atomic E-state index is 13.2. The van der Waals surface area contributed by atoms with Gasteiger partial charge in [-0.05, 0) is 37.1 Å². The molecule has 1 heterocycles. The Hall–Kier alpha value is -3.28. The fraction of sp³-hybridized carbons (Fsp3) is 0.273. The van der Waals surface area contributed by atoms with E-state index in [2.05, 4.69) is 5.16 Å². The molecule has 4 rings (SSSR count). The second-order valence-electron chi connectivity index (χ2n) is 6.75. The second-order valence-corrected chi connectivity index (χ2v) is 6.75. The molecule has 0 saturated heterocycles. The van der Waals surface area contributed by atoms with Crippen LogP contribution in [0.15, 0.2) is 59.1 Å². The molecule has 1 aromatic heterocycles. The number of para-hydroxylation sites is 2. The van der Waals surface area contributed by atoms with Gasteiger partial charge in [0.2, 0.25) is 0 Å². The van der Waals surface area contributed by atoms with Crippen molar-refractivity contribution in [2.75, 3.05) is 14.2 Å². The molecule has 6 nitrogen and oxygen atoms in total. The van der Waals surface area contributed by atoms with Gasteiger partial charge in [0.05, 0.1) is 31.9 Å². The Labute approximate surface area is 163 Å². The van der Waals surface area contributed by atoms with Gasteiger partial charge in [0.25, 0.3) is 5.91 Å². The van der Waals surface area contributed by atoms with Crippen molar-refractivity contribution >= 4 is 5.91 Å². The number of nitrogens with zero attached hydrogens (tertiary/aromatic N) is 2. The molecular formula is C22H22N2O4. The van der Waals surface area contributed by atoms with Gasteiger partial charge in [-0.3, -0.25) is 4.79 Å². The summed E-state index contributed by atoms with van der Waals surface area (Å²) < 4.78 is 16.3. The number of hydrogen-bond donors (Lipinski definition) is 0. The van der Waals surface area contributed by atoms with E-state index in [0.29, 0.717) is 35.1 Å². The lowest BCUT2D eigenvalue weighted by Gasteiger charge is -2.22. The topological polar surface area (TPSA) is 64.8 Å². The van der Waals surface area contributed by atoms with Gasteiger partial charge < -0.3 is 18.9 Å². The normalized spacial score (nSPS) is 13.2. The average molecular weight is 378 g/mol. The molecule has 0 aliphatic heterocycles. The van der Waals surface area contributed by atoms with Gasteiger partial charge in [-0.25, -0.2) is 0 Å². The molecule has 1 fully saturated rings. The van der Waals surface area contributed by atoms with Crippen molar-refractivity contribution in [2.24, 2.45) is 0 Å². The van der Waals surface area contributed by atoms with Crippen LogP contribution in [0.25, 0.3) is 11.3 Å². The highest BCUT2D eigenvalue weighted by molar-refractivity contribution is 5.97. The highest BCUT2D eigenvalue weighted by Crippen LogP contribution is 2.33. The predicted molar refractivity (Wildman–Crippen MR) is 104 cm³/mol. The van der Waals surface area contributed by atoms with Gasteiger partial charge in [0.1, 0.15) is 17.2 Å². The molecule has 2 aromatic carbocycles. The molecule has 144 valence electrons. The number of rotatable bonds is 7. The summed E-state index contributed by atoms with van der Waals surface area (Å²) in [6.07, 6.45) is 2.00. The third-order valence-corrected chi connectivity index (χ3v) is 4.85. The van der Waals surface area contributed by atoms with Crippen LogP contribution >= 0.6 is 0 Å². The van der Waals surface area contributed by atoms with Crippen LogP contribution < -0.4 is 9.47 Å². The molecule has 0 unspecified atom stereocenters. The van der Waals surface area contributed by atoms with Crippen LogP contribution in [0.5, 0.6) is 11.5 Å². The fourth-order valence-electron chi connectivity index (χ4n) is 3.26. The van der Waals surface area contributed by atoms with Gasteiger partial charge in [-0.2, -0.15) is 0 Å². The van der Waals surface area contributed by atoms with Crippen molar-refractivity contribution in [2.45, 2.75) is 25.4 Å². The summed E-state index contributed by atoms with van der Waals surface area (Å²) in [6.45, 7) is 0.389. The summed E-state index contributed by atoms with van der Waals surface area (Å²) in [5.74, 6) is 1.86. The van der Waals surface area contributed by atoms with Crippen LogP contribution in [-0.2, 0) is 6.54 Å². The number of aromatic nitrogens is 1. The quantitative estimate of drug-likeness (QED) is 0.618. The SMILES string of the molecule is COc1ccccc1C(=O)N(Cc1cc(-c2ccccc2OC)on1)C1CC1. The van der Waals surface area contributed by atoms with E-state index in [-0.39, 0.29) is 11.9 Å². The van der Waals surface area contributed by atoms with E-state index < -0.39 is 0 Å². The molecule has 0 radical (unpaired) electrons. The van der Waals surface area contributed by atoms with Gasteiger partial charge in [0.15, 0.2) is 5.76 Å². The van der Waals surface area contributed by atoms with Crippen LogP contribution in [0.4, 0.5) is 0 Å². The van der Waals surface area contributed by atoms with E-state index in [9.17, 15) is 4.79 Å². The Bertz CT molecular complexity index is 978. The fourth-order valence-corrected chi connectivity index (χ4v) is 3.26. The minimum atomic E-state index is -0.0539. The Morgan fingerprint density at radius 2 is 1.75 bits per heavy atom. The number of benzene rings is 2. The molecule has 1 amide bonds. The standard InChI is InChI=1S/C22H22N2O4/c1-26-19-9-5-3-7-17(19)21-13-15(23-28-21)14-24(16-11-12-16)22(25)18-8-4-6-10-20(18)27-2/h3-10,13,16H,11-12,14H2,1-2H3. The maximum absolute atomic E-state index is 13.2. The number of ether oxygens (including phenoxy) is 2. The Morgan fingerprint density at radius 1 is 1.07 bits per heavy atom. The van der Waals surface area contributed by atoms with Crippen LogP contribution in [0.1, 0.15) is 28.9 Å². The van der Waals surface area contributed by atoms with Gasteiger partial charge in [-0.1, -0.05) is 29.4 Å². The molecule has 3 aromatic rings. The first-order chi connectivity index (χ1) is 13.7. The molecule has 0 bridgehead atoms. The smallest absolute Gasteiger partial charge is 0.258 e. The van der Waals surface area contributed by atoms with Crippen LogP contribution in [0.2, 0.25) is 0 Å². The van der Waals surface area contributed by atoms with E-state index in [1.54, 1.807) is 26.4 Å². The molecule has 6 heteroatoms. The van der Waals surface area contributed by atoms with E-state index in [1.165, 1.54) is 0 Å². The van der Waals surface area contributed by atoms with Gasteiger partial charge in [0, 0.05) is 12.1 Å². The number of amides is 1. The molecular weight excluding hydrogens is 356 g/mol.